The molecule has 1 fully saturated rings. The SMILES string of the molecule is COC(=O)c1ccc(/C=C/C(=O)N2CCCN(C)CC2)cc1. The number of carbonyl (C=O) groups excluding carboxylic acids is 2. The summed E-state index contributed by atoms with van der Waals surface area (Å²) >= 11 is 0. The van der Waals surface area contributed by atoms with Crippen molar-refractivity contribution in [1.82, 2.24) is 9.80 Å². The molecule has 0 bridgehead atoms. The second kappa shape index (κ2) is 7.75. The number of likely N-dealkylation sites (N-methyl/N-ethyl adjacent to an activating group) is 1. The maximum atomic E-state index is 12.2. The quantitative estimate of drug-likeness (QED) is 0.629. The monoisotopic (exact) mass is 302 g/mol. The number of amides is 1. The summed E-state index contributed by atoms with van der Waals surface area (Å²) in [6, 6.07) is 6.98. The van der Waals surface area contributed by atoms with Gasteiger partial charge in [0.15, 0.2) is 0 Å². The molecular weight excluding hydrogens is 280 g/mol. The van der Waals surface area contributed by atoms with Crippen LogP contribution in [0.15, 0.2) is 30.3 Å². The highest BCUT2D eigenvalue weighted by atomic mass is 16.5. The molecule has 5 nitrogen and oxygen atoms in total. The summed E-state index contributed by atoms with van der Waals surface area (Å²) in [6.07, 6.45) is 4.38. The molecule has 1 aliphatic heterocycles. The molecule has 0 radical (unpaired) electrons. The van der Waals surface area contributed by atoms with Gasteiger partial charge in [-0.2, -0.15) is 0 Å². The molecule has 0 atom stereocenters. The number of esters is 1. The second-order valence-corrected chi connectivity index (χ2v) is 5.43. The first kappa shape index (κ1) is 16.2. The van der Waals surface area contributed by atoms with Gasteiger partial charge in [-0.05, 0) is 43.8 Å². The van der Waals surface area contributed by atoms with Crippen LogP contribution in [0.1, 0.15) is 22.3 Å². The first-order valence-electron chi connectivity index (χ1n) is 7.44. The molecule has 1 heterocycles. The average Bonchev–Trinajstić information content (AvgIpc) is 2.77. The fourth-order valence-electron chi connectivity index (χ4n) is 2.39. The summed E-state index contributed by atoms with van der Waals surface area (Å²) in [7, 11) is 3.43. The van der Waals surface area contributed by atoms with Crippen LogP contribution in [-0.4, -0.2) is 62.0 Å². The molecule has 1 aromatic rings. The van der Waals surface area contributed by atoms with Crippen LogP contribution in [0.2, 0.25) is 0 Å². The molecule has 2 rings (SSSR count). The normalized spacial score (nSPS) is 16.5. The van der Waals surface area contributed by atoms with Crippen molar-refractivity contribution in [3.05, 3.63) is 41.5 Å². The standard InChI is InChI=1S/C17H22N2O3/c1-18-10-3-11-19(13-12-18)16(20)9-6-14-4-7-15(8-5-14)17(21)22-2/h4-9H,3,10-13H2,1-2H3/b9-6+. The van der Waals surface area contributed by atoms with Gasteiger partial charge in [-0.3, -0.25) is 4.79 Å². The minimum Gasteiger partial charge on any atom is -0.465 e. The summed E-state index contributed by atoms with van der Waals surface area (Å²) in [6.45, 7) is 3.51. The van der Waals surface area contributed by atoms with Crippen molar-refractivity contribution in [3.8, 4) is 0 Å². The van der Waals surface area contributed by atoms with Gasteiger partial charge in [0.05, 0.1) is 12.7 Å². The first-order chi connectivity index (χ1) is 10.6. The molecule has 0 aliphatic carbocycles. The van der Waals surface area contributed by atoms with E-state index in [9.17, 15) is 9.59 Å². The van der Waals surface area contributed by atoms with E-state index >= 15 is 0 Å². The van der Waals surface area contributed by atoms with Gasteiger partial charge in [0, 0.05) is 25.7 Å². The molecular formula is C17H22N2O3. The number of carbonyl (C=O) groups is 2. The van der Waals surface area contributed by atoms with E-state index in [1.54, 1.807) is 36.4 Å². The Labute approximate surface area is 131 Å². The van der Waals surface area contributed by atoms with Crippen LogP contribution in [0.25, 0.3) is 6.08 Å². The molecule has 0 N–H and O–H groups in total. The third-order valence-electron chi connectivity index (χ3n) is 3.78. The highest BCUT2D eigenvalue weighted by Gasteiger charge is 2.15. The number of nitrogens with zero attached hydrogens (tertiary/aromatic N) is 2. The molecule has 1 aliphatic rings. The van der Waals surface area contributed by atoms with Crippen LogP contribution in [0.3, 0.4) is 0 Å². The summed E-state index contributed by atoms with van der Waals surface area (Å²) < 4.78 is 4.65. The van der Waals surface area contributed by atoms with Gasteiger partial charge in [0.25, 0.3) is 0 Å². The fraction of sp³-hybridized carbons (Fsp3) is 0.412. The van der Waals surface area contributed by atoms with Crippen molar-refractivity contribution in [2.45, 2.75) is 6.42 Å². The van der Waals surface area contributed by atoms with Crippen LogP contribution < -0.4 is 0 Å². The minimum atomic E-state index is -0.361. The number of methoxy groups -OCH3 is 1. The minimum absolute atomic E-state index is 0.0346. The van der Waals surface area contributed by atoms with Crippen molar-refractivity contribution < 1.29 is 14.3 Å². The zero-order valence-electron chi connectivity index (χ0n) is 13.1. The smallest absolute Gasteiger partial charge is 0.337 e. The molecule has 22 heavy (non-hydrogen) atoms. The van der Waals surface area contributed by atoms with Crippen molar-refractivity contribution in [2.24, 2.45) is 0 Å². The number of benzene rings is 1. The summed E-state index contributed by atoms with van der Waals surface area (Å²) in [4.78, 5) is 27.7. The maximum Gasteiger partial charge on any atom is 0.337 e. The molecule has 0 saturated carbocycles. The van der Waals surface area contributed by atoms with E-state index in [-0.39, 0.29) is 11.9 Å². The van der Waals surface area contributed by atoms with Gasteiger partial charge in [0.1, 0.15) is 0 Å². The lowest BCUT2D eigenvalue weighted by Crippen LogP contribution is -2.33. The van der Waals surface area contributed by atoms with Gasteiger partial charge in [-0.25, -0.2) is 4.79 Å². The van der Waals surface area contributed by atoms with Gasteiger partial charge >= 0.3 is 5.97 Å². The lowest BCUT2D eigenvalue weighted by atomic mass is 10.1. The van der Waals surface area contributed by atoms with E-state index in [2.05, 4.69) is 16.7 Å². The van der Waals surface area contributed by atoms with Crippen LogP contribution in [0.4, 0.5) is 0 Å². The summed E-state index contributed by atoms with van der Waals surface area (Å²) in [5.74, 6) is -0.326. The Morgan fingerprint density at radius 1 is 1.09 bits per heavy atom. The fourth-order valence-corrected chi connectivity index (χ4v) is 2.39. The second-order valence-electron chi connectivity index (χ2n) is 5.43. The van der Waals surface area contributed by atoms with Gasteiger partial charge in [0.2, 0.25) is 5.91 Å². The van der Waals surface area contributed by atoms with Gasteiger partial charge in [-0.1, -0.05) is 12.1 Å². The number of ether oxygens (including phenoxy) is 1. The first-order valence-corrected chi connectivity index (χ1v) is 7.44. The van der Waals surface area contributed by atoms with E-state index in [0.717, 1.165) is 38.2 Å². The summed E-state index contributed by atoms with van der Waals surface area (Å²) in [5.41, 5.74) is 1.38. The van der Waals surface area contributed by atoms with Gasteiger partial charge in [-0.15, -0.1) is 0 Å². The predicted molar refractivity (Wildman–Crippen MR) is 85.5 cm³/mol. The topological polar surface area (TPSA) is 49.9 Å². The third kappa shape index (κ3) is 4.43. The van der Waals surface area contributed by atoms with E-state index in [0.29, 0.717) is 5.56 Å². The zero-order valence-corrected chi connectivity index (χ0v) is 13.1. The van der Waals surface area contributed by atoms with E-state index in [1.807, 2.05) is 4.90 Å². The Kier molecular flexibility index (Phi) is 5.72. The molecule has 1 aromatic carbocycles. The number of rotatable bonds is 3. The Balaban J connectivity index is 1.95. The maximum absolute atomic E-state index is 12.2. The van der Waals surface area contributed by atoms with Crippen LogP contribution in [-0.2, 0) is 9.53 Å². The van der Waals surface area contributed by atoms with Crippen molar-refractivity contribution in [2.75, 3.05) is 40.3 Å². The summed E-state index contributed by atoms with van der Waals surface area (Å²) in [5, 5.41) is 0. The van der Waals surface area contributed by atoms with Crippen LogP contribution in [0.5, 0.6) is 0 Å². The lowest BCUT2D eigenvalue weighted by Gasteiger charge is -2.18. The van der Waals surface area contributed by atoms with Gasteiger partial charge < -0.3 is 14.5 Å². The third-order valence-corrected chi connectivity index (χ3v) is 3.78. The van der Waals surface area contributed by atoms with E-state index in [4.69, 9.17) is 0 Å². The molecule has 0 spiro atoms. The number of hydrogen-bond donors (Lipinski definition) is 0. The largest absolute Gasteiger partial charge is 0.465 e. The highest BCUT2D eigenvalue weighted by molar-refractivity contribution is 5.92. The van der Waals surface area contributed by atoms with Crippen LogP contribution in [0, 0.1) is 0 Å². The molecule has 5 heteroatoms. The van der Waals surface area contributed by atoms with Crippen molar-refractivity contribution >= 4 is 18.0 Å². The lowest BCUT2D eigenvalue weighted by molar-refractivity contribution is -0.125. The van der Waals surface area contributed by atoms with E-state index in [1.165, 1.54) is 7.11 Å². The molecule has 1 saturated heterocycles. The Morgan fingerprint density at radius 3 is 2.50 bits per heavy atom. The van der Waals surface area contributed by atoms with Crippen LogP contribution >= 0.6 is 0 Å². The molecule has 0 aromatic heterocycles. The highest BCUT2D eigenvalue weighted by Crippen LogP contribution is 2.08. The Bertz CT molecular complexity index is 552. The predicted octanol–water partition coefficient (Wildman–Crippen LogP) is 1.65. The average molecular weight is 302 g/mol. The Morgan fingerprint density at radius 2 is 1.82 bits per heavy atom. The molecule has 1 amide bonds. The van der Waals surface area contributed by atoms with Crippen molar-refractivity contribution in [3.63, 3.8) is 0 Å². The number of hydrogen-bond acceptors (Lipinski definition) is 4. The Hall–Kier alpha value is -2.14. The molecule has 0 unspecified atom stereocenters. The molecule has 118 valence electrons. The van der Waals surface area contributed by atoms with Crippen molar-refractivity contribution in [1.29, 1.82) is 0 Å². The van der Waals surface area contributed by atoms with E-state index < -0.39 is 0 Å². The zero-order chi connectivity index (χ0) is 15.9.